The fourth-order valence-electron chi connectivity index (χ4n) is 10.1. The van der Waals surface area contributed by atoms with Gasteiger partial charge in [0.1, 0.15) is 23.9 Å². The number of fused-ring (bicyclic) bond motifs is 5. The molecule has 17 nitrogen and oxygen atoms in total. The minimum absolute atomic E-state index is 0.00808. The first-order valence-electron chi connectivity index (χ1n) is 24.0. The maximum absolute atomic E-state index is 14.2. The molecule has 0 radical (unpaired) electrons. The highest BCUT2D eigenvalue weighted by molar-refractivity contribution is 5.90. The Bertz CT molecular complexity index is 3060. The van der Waals surface area contributed by atoms with Crippen molar-refractivity contribution in [2.24, 2.45) is 0 Å². The van der Waals surface area contributed by atoms with Crippen LogP contribution in [0.1, 0.15) is 93.2 Å². The maximum Gasteiger partial charge on any atom is 0.410 e. The van der Waals surface area contributed by atoms with Gasteiger partial charge in [-0.05, 0) is 104 Å². The first-order chi connectivity index (χ1) is 33.2. The minimum Gasteiger partial charge on any atom is -0.508 e. The van der Waals surface area contributed by atoms with Crippen LogP contribution >= 0.6 is 0 Å². The van der Waals surface area contributed by atoms with E-state index in [1.54, 1.807) is 30.7 Å². The molecule has 17 heteroatoms. The summed E-state index contributed by atoms with van der Waals surface area (Å²) in [6, 6.07) is 18.3. The highest BCUT2D eigenvalue weighted by Gasteiger charge is 2.51. The maximum atomic E-state index is 14.2. The Morgan fingerprint density at radius 1 is 0.928 bits per heavy atom. The standard InChI is InChI=1S/C52H60N8O9/c1-7-35-37-24-34(67-9-3)16-17-42(37)53-46-39(35)29-59-43(46)26-41-40(48(59)63)30-68-49(64)52(41,8-2)69-51(66)56(6)18-10-11-19-57-20-22-58(23-21-57)28-32-12-14-33(15-13-32)60-47(54-55-50(60)65)38-25-36(31(4)5)44(61)27-45(38)62/h12-17,24-27,31,61-62H,7-11,18-23,28-30H2,1-6H3,(H,55,65). The number of carbonyl (C=O) groups is 2. The number of amides is 1. The van der Waals surface area contributed by atoms with Gasteiger partial charge in [0.2, 0.25) is 5.60 Å². The zero-order valence-electron chi connectivity index (χ0n) is 40.1. The molecule has 69 heavy (non-hydrogen) atoms. The number of aromatic nitrogens is 5. The van der Waals surface area contributed by atoms with E-state index in [0.29, 0.717) is 59.0 Å². The number of benzene rings is 3. The van der Waals surface area contributed by atoms with E-state index in [4.69, 9.17) is 19.2 Å². The Balaban J connectivity index is 0.791. The molecule has 3 N–H and O–H groups in total. The molecule has 0 spiro atoms. The van der Waals surface area contributed by atoms with Crippen molar-refractivity contribution in [1.82, 2.24) is 39.0 Å². The Morgan fingerprint density at radius 2 is 1.68 bits per heavy atom. The average Bonchev–Trinajstić information content (AvgIpc) is 3.91. The van der Waals surface area contributed by atoms with Crippen molar-refractivity contribution < 1.29 is 34.0 Å². The molecule has 1 saturated heterocycles. The average molecular weight is 941 g/mol. The lowest BCUT2D eigenvalue weighted by molar-refractivity contribution is -0.173. The second-order valence-corrected chi connectivity index (χ2v) is 18.5. The van der Waals surface area contributed by atoms with Crippen molar-refractivity contribution in [1.29, 1.82) is 0 Å². The number of H-pyrrole nitrogens is 1. The molecular formula is C52H60N8O9. The third-order valence-corrected chi connectivity index (χ3v) is 13.9. The summed E-state index contributed by atoms with van der Waals surface area (Å²) in [5.41, 5.74) is 4.88. The summed E-state index contributed by atoms with van der Waals surface area (Å²) in [5.74, 6) is 0.114. The van der Waals surface area contributed by atoms with Gasteiger partial charge >= 0.3 is 17.8 Å². The molecule has 1 fully saturated rings. The van der Waals surface area contributed by atoms with Gasteiger partial charge in [-0.15, -0.1) is 0 Å². The van der Waals surface area contributed by atoms with E-state index in [-0.39, 0.29) is 41.8 Å². The van der Waals surface area contributed by atoms with E-state index < -0.39 is 23.4 Å². The third kappa shape index (κ3) is 8.73. The van der Waals surface area contributed by atoms with Crippen LogP contribution in [0.5, 0.6) is 17.2 Å². The lowest BCUT2D eigenvalue weighted by Gasteiger charge is -2.36. The number of phenolic OH excluding ortho intramolecular Hbond substituents is 2. The first kappa shape index (κ1) is 47.1. The van der Waals surface area contributed by atoms with Gasteiger partial charge in [-0.3, -0.25) is 9.69 Å². The number of esters is 1. The van der Waals surface area contributed by atoms with Gasteiger partial charge in [-0.2, -0.15) is 5.10 Å². The number of aryl methyl sites for hydroxylation is 1. The Morgan fingerprint density at radius 3 is 2.39 bits per heavy atom. The van der Waals surface area contributed by atoms with E-state index in [9.17, 15) is 29.4 Å². The molecule has 3 aromatic heterocycles. The summed E-state index contributed by atoms with van der Waals surface area (Å²) in [6.45, 7) is 15.9. The van der Waals surface area contributed by atoms with E-state index in [1.165, 1.54) is 15.5 Å². The molecule has 3 aliphatic heterocycles. The zero-order valence-corrected chi connectivity index (χ0v) is 40.1. The van der Waals surface area contributed by atoms with E-state index >= 15 is 0 Å². The summed E-state index contributed by atoms with van der Waals surface area (Å²) >= 11 is 0. The van der Waals surface area contributed by atoms with E-state index in [2.05, 4.69) is 26.9 Å². The Hall–Kier alpha value is -6.98. The lowest BCUT2D eigenvalue weighted by Crippen LogP contribution is -2.49. The second kappa shape index (κ2) is 19.2. The van der Waals surface area contributed by atoms with Crippen LogP contribution in [0.3, 0.4) is 0 Å². The van der Waals surface area contributed by atoms with Gasteiger partial charge in [-0.25, -0.2) is 29.0 Å². The fraction of sp³-hybridized carbons (Fsp3) is 0.423. The van der Waals surface area contributed by atoms with E-state index in [0.717, 1.165) is 91.9 Å². The van der Waals surface area contributed by atoms with E-state index in [1.807, 2.05) is 63.2 Å². The van der Waals surface area contributed by atoms with Crippen molar-refractivity contribution in [3.05, 3.63) is 115 Å². The first-order valence-corrected chi connectivity index (χ1v) is 24.0. The van der Waals surface area contributed by atoms with Crippen molar-refractivity contribution in [2.45, 2.75) is 91.5 Å². The number of piperazine rings is 1. The normalized spacial score (nSPS) is 16.9. The summed E-state index contributed by atoms with van der Waals surface area (Å²) in [4.78, 5) is 66.0. The number of aromatic hydroxyl groups is 2. The van der Waals surface area contributed by atoms with Gasteiger partial charge in [0, 0.05) is 68.9 Å². The van der Waals surface area contributed by atoms with Gasteiger partial charge in [0.05, 0.1) is 46.9 Å². The highest BCUT2D eigenvalue weighted by atomic mass is 16.6. The second-order valence-electron chi connectivity index (χ2n) is 18.5. The van der Waals surface area contributed by atoms with Crippen molar-refractivity contribution in [3.63, 3.8) is 0 Å². The van der Waals surface area contributed by atoms with Crippen LogP contribution in [0.25, 0.3) is 39.4 Å². The number of ether oxygens (including phenoxy) is 3. The van der Waals surface area contributed by atoms with Gasteiger partial charge in [0.15, 0.2) is 5.82 Å². The van der Waals surface area contributed by atoms with Gasteiger partial charge in [0.25, 0.3) is 5.56 Å². The summed E-state index contributed by atoms with van der Waals surface area (Å²) in [7, 11) is 1.66. The number of nitrogens with one attached hydrogen (secondary N) is 1. The molecule has 3 aromatic carbocycles. The number of carbonyl (C=O) groups excluding carboxylic acids is 2. The van der Waals surface area contributed by atoms with Crippen LogP contribution in [0, 0.1) is 0 Å². The van der Waals surface area contributed by atoms with Crippen LogP contribution in [-0.4, -0.2) is 114 Å². The third-order valence-electron chi connectivity index (χ3n) is 13.9. The number of phenols is 2. The number of hydrogen-bond donors (Lipinski definition) is 3. The molecule has 0 aliphatic carbocycles. The zero-order chi connectivity index (χ0) is 48.7. The SMILES string of the molecule is CCOc1ccc2nc3c(c(CC)c2c1)Cn1c-3cc2c(c1=O)COC(=O)C2(CC)OC(=O)N(C)CCCCN1CCN(Cc2ccc(-n3c(-c4cc(C(C)C)c(O)cc4O)n[nH]c3=O)cc2)CC1. The molecular weight excluding hydrogens is 881 g/mol. The minimum atomic E-state index is -1.80. The fourth-order valence-corrected chi connectivity index (χ4v) is 10.1. The molecule has 6 heterocycles. The number of pyridine rings is 2. The summed E-state index contributed by atoms with van der Waals surface area (Å²) < 4.78 is 20.6. The predicted molar refractivity (Wildman–Crippen MR) is 260 cm³/mol. The topological polar surface area (TPSA) is 198 Å². The van der Waals surface area contributed by atoms with Crippen LogP contribution < -0.4 is 16.0 Å². The molecule has 6 aromatic rings. The predicted octanol–water partition coefficient (Wildman–Crippen LogP) is 6.79. The largest absolute Gasteiger partial charge is 0.508 e. The van der Waals surface area contributed by atoms with Crippen molar-refractivity contribution in [3.8, 4) is 45.7 Å². The number of hydrogen-bond acceptors (Lipinski definition) is 13. The molecule has 1 unspecified atom stereocenters. The molecule has 1 atom stereocenters. The molecule has 9 rings (SSSR count). The van der Waals surface area contributed by atoms with Crippen LogP contribution in [-0.2, 0) is 46.0 Å². The number of aromatic amines is 1. The molecule has 1 amide bonds. The summed E-state index contributed by atoms with van der Waals surface area (Å²) in [5, 5.41) is 28.7. The number of unbranched alkanes of at least 4 members (excludes halogenated alkanes) is 1. The van der Waals surface area contributed by atoms with Crippen molar-refractivity contribution in [2.75, 3.05) is 52.9 Å². The van der Waals surface area contributed by atoms with Crippen LogP contribution in [0.15, 0.2) is 70.3 Å². The Kier molecular flexibility index (Phi) is 13.1. The number of rotatable bonds is 15. The van der Waals surface area contributed by atoms with Crippen LogP contribution in [0.2, 0.25) is 0 Å². The summed E-state index contributed by atoms with van der Waals surface area (Å²) in [6.07, 6.45) is 1.72. The van der Waals surface area contributed by atoms with Crippen LogP contribution in [0.4, 0.5) is 4.79 Å². The van der Waals surface area contributed by atoms with Crippen molar-refractivity contribution >= 4 is 23.0 Å². The van der Waals surface area contributed by atoms with Gasteiger partial charge in [-0.1, -0.05) is 39.8 Å². The molecule has 0 saturated carbocycles. The number of cyclic esters (lactones) is 1. The molecule has 0 bridgehead atoms. The monoisotopic (exact) mass is 940 g/mol. The quantitative estimate of drug-likeness (QED) is 0.0719. The lowest BCUT2D eigenvalue weighted by atomic mass is 9.85. The molecule has 362 valence electrons. The smallest absolute Gasteiger partial charge is 0.410 e. The highest BCUT2D eigenvalue weighted by Crippen LogP contribution is 2.43. The van der Waals surface area contributed by atoms with Gasteiger partial charge < -0.3 is 38.8 Å². The molecule has 3 aliphatic rings. The Labute approximate surface area is 399 Å². The number of nitrogens with zero attached hydrogens (tertiary/aromatic N) is 7.